The Labute approximate surface area is 231 Å². The van der Waals surface area contributed by atoms with Crippen LogP contribution in [0, 0.1) is 40.4 Å². The number of Topliss-reactive ketones (excluding diaryl/α,β-unsaturated/α-hetero) is 1. The van der Waals surface area contributed by atoms with Crippen molar-refractivity contribution < 1.29 is 29.1 Å². The maximum atomic E-state index is 12.4. The van der Waals surface area contributed by atoms with Crippen LogP contribution in [0.3, 0.4) is 0 Å². The highest BCUT2D eigenvalue weighted by atomic mass is 16.6. The number of allylic oxidation sites excluding steroid dienone is 2. The van der Waals surface area contributed by atoms with Crippen molar-refractivity contribution in [2.45, 2.75) is 92.0 Å². The van der Waals surface area contributed by atoms with E-state index in [0.717, 1.165) is 44.2 Å². The fourth-order valence-corrected chi connectivity index (χ4v) is 8.45. The lowest BCUT2D eigenvalue weighted by atomic mass is 9.46. The number of hydrogen-bond donors (Lipinski definition) is 3. The lowest BCUT2D eigenvalue weighted by Crippen LogP contribution is -2.51. The average molecular weight is 544 g/mol. The van der Waals surface area contributed by atoms with Crippen LogP contribution < -0.4 is 10.6 Å². The minimum Gasteiger partial charge on any atom is -0.480 e. The van der Waals surface area contributed by atoms with Crippen molar-refractivity contribution in [3.05, 3.63) is 11.6 Å². The number of carboxylic acid groups (broad SMARTS) is 1. The van der Waals surface area contributed by atoms with Crippen LogP contribution in [-0.2, 0) is 24.0 Å². The highest BCUT2D eigenvalue weighted by molar-refractivity contribution is 5.96. The van der Waals surface area contributed by atoms with Crippen LogP contribution in [-0.4, -0.2) is 53.6 Å². The third-order valence-electron chi connectivity index (χ3n) is 10.5. The molecule has 4 rings (SSSR count). The van der Waals surface area contributed by atoms with Gasteiger partial charge in [0.15, 0.2) is 6.61 Å². The fourth-order valence-electron chi connectivity index (χ4n) is 8.45. The molecule has 0 heterocycles. The van der Waals surface area contributed by atoms with Crippen LogP contribution in [0.1, 0.15) is 86.0 Å². The molecule has 216 valence electrons. The van der Waals surface area contributed by atoms with Gasteiger partial charge in [-0.2, -0.15) is 0 Å². The molecule has 0 spiro atoms. The van der Waals surface area contributed by atoms with Crippen molar-refractivity contribution in [2.24, 2.45) is 45.6 Å². The van der Waals surface area contributed by atoms with Crippen molar-refractivity contribution in [1.82, 2.24) is 10.6 Å². The van der Waals surface area contributed by atoms with Gasteiger partial charge in [-0.15, -0.1) is 0 Å². The third-order valence-corrected chi connectivity index (χ3v) is 10.5. The number of nitrogens with one attached hydrogen (secondary N) is 2. The van der Waals surface area contributed by atoms with Gasteiger partial charge in [-0.05, 0) is 98.9 Å². The summed E-state index contributed by atoms with van der Waals surface area (Å²) >= 11 is 0. The summed E-state index contributed by atoms with van der Waals surface area (Å²) < 4.78 is 0. The first kappa shape index (κ1) is 29.3. The Morgan fingerprint density at radius 1 is 1.05 bits per heavy atom. The monoisotopic (exact) mass is 543 g/mol. The minimum atomic E-state index is -1.11. The summed E-state index contributed by atoms with van der Waals surface area (Å²) in [6.07, 6.45) is 10.7. The number of carbonyl (C=O) groups excluding carboxylic acids is 3. The summed E-state index contributed by atoms with van der Waals surface area (Å²) in [7, 11) is 0. The number of oxime groups is 1. The van der Waals surface area contributed by atoms with Crippen LogP contribution in [0.2, 0.25) is 0 Å². The second-order valence-corrected chi connectivity index (χ2v) is 13.0. The topological polar surface area (TPSA) is 134 Å². The first-order chi connectivity index (χ1) is 18.4. The molecule has 3 fully saturated rings. The lowest BCUT2D eigenvalue weighted by Gasteiger charge is -2.58. The predicted molar refractivity (Wildman–Crippen MR) is 147 cm³/mol. The number of hydrogen-bond acceptors (Lipinski definition) is 6. The Kier molecular flexibility index (Phi) is 8.57. The molecule has 7 unspecified atom stereocenters. The molecule has 2 amide bonds. The van der Waals surface area contributed by atoms with E-state index in [0.29, 0.717) is 23.5 Å². The Bertz CT molecular complexity index is 1070. The van der Waals surface area contributed by atoms with Crippen LogP contribution in [0.25, 0.3) is 0 Å². The maximum absolute atomic E-state index is 12.4. The molecular formula is C30H45N3O6. The molecule has 0 radical (unpaired) electrons. The highest BCUT2D eigenvalue weighted by Crippen LogP contribution is 2.66. The lowest BCUT2D eigenvalue weighted by molar-refractivity contribution is -0.143. The molecular weight excluding hydrogens is 498 g/mol. The zero-order valence-corrected chi connectivity index (χ0v) is 24.0. The number of fused-ring (bicyclic) bond motifs is 5. The van der Waals surface area contributed by atoms with Gasteiger partial charge >= 0.3 is 5.97 Å². The molecule has 39 heavy (non-hydrogen) atoms. The van der Waals surface area contributed by atoms with Gasteiger partial charge < -0.3 is 20.6 Å². The number of carboxylic acids is 1. The number of ketones is 1. The molecule has 9 nitrogen and oxygen atoms in total. The van der Waals surface area contributed by atoms with Crippen LogP contribution in [0.5, 0.6) is 0 Å². The van der Waals surface area contributed by atoms with E-state index < -0.39 is 23.8 Å². The molecule has 4 aliphatic rings. The van der Waals surface area contributed by atoms with E-state index in [4.69, 9.17) is 4.84 Å². The molecule has 3 N–H and O–H groups in total. The number of amides is 2. The summed E-state index contributed by atoms with van der Waals surface area (Å²) in [6, 6.07) is -1.01. The standard InChI is InChI=1S/C30H45N3O6/c1-17(2)27(28(37)38)32-25(35)15-31-26(36)16-39-33-20-10-12-29(4)19(14-20)6-7-21-23-9-8-22(18(3)34)30(23,5)13-11-24(21)29/h14,17,21-24,27H,6-13,15-16H2,1-5H3,(H,31,36)(H,32,35)(H,37,38). The number of aliphatic carboxylic acids is 1. The zero-order valence-electron chi connectivity index (χ0n) is 24.0. The van der Waals surface area contributed by atoms with Gasteiger partial charge in [-0.3, -0.25) is 14.4 Å². The number of nitrogens with zero attached hydrogens (tertiary/aromatic N) is 1. The normalized spacial score (nSPS) is 35.2. The van der Waals surface area contributed by atoms with Gasteiger partial charge in [-0.25, -0.2) is 4.79 Å². The SMILES string of the molecule is CC(=O)C1CCC2C3CCC4=CC(=NOCC(=O)NCC(=O)NC(C(=O)O)C(C)C)CCC4(C)C3CCC12C. The highest BCUT2D eigenvalue weighted by Gasteiger charge is 2.59. The van der Waals surface area contributed by atoms with Crippen LogP contribution in [0.4, 0.5) is 0 Å². The van der Waals surface area contributed by atoms with E-state index in [1.807, 2.05) is 0 Å². The van der Waals surface area contributed by atoms with Gasteiger partial charge in [-0.1, -0.05) is 38.4 Å². The Balaban J connectivity index is 1.30. The van der Waals surface area contributed by atoms with Gasteiger partial charge in [0.1, 0.15) is 11.8 Å². The molecule has 7 atom stereocenters. The zero-order chi connectivity index (χ0) is 28.5. The molecule has 3 saturated carbocycles. The van der Waals surface area contributed by atoms with E-state index in [2.05, 4.69) is 35.7 Å². The van der Waals surface area contributed by atoms with E-state index in [-0.39, 0.29) is 35.8 Å². The number of rotatable bonds is 9. The van der Waals surface area contributed by atoms with E-state index >= 15 is 0 Å². The summed E-state index contributed by atoms with van der Waals surface area (Å²) in [5, 5.41) is 18.3. The molecule has 0 bridgehead atoms. The summed E-state index contributed by atoms with van der Waals surface area (Å²) in [6.45, 7) is 9.33. The van der Waals surface area contributed by atoms with Gasteiger partial charge in [0.05, 0.1) is 12.3 Å². The molecule has 0 aromatic carbocycles. The first-order valence-corrected chi connectivity index (χ1v) is 14.6. The fraction of sp³-hybridized carbons (Fsp3) is 0.767. The molecule has 4 aliphatic carbocycles. The summed E-state index contributed by atoms with van der Waals surface area (Å²) in [5.41, 5.74) is 2.58. The summed E-state index contributed by atoms with van der Waals surface area (Å²) in [5.74, 6) is 0.0981. The Morgan fingerprint density at radius 3 is 2.46 bits per heavy atom. The molecule has 0 aromatic heterocycles. The van der Waals surface area contributed by atoms with E-state index in [1.165, 1.54) is 18.4 Å². The predicted octanol–water partition coefficient (Wildman–Crippen LogP) is 3.87. The molecule has 9 heteroatoms. The van der Waals surface area contributed by atoms with Gasteiger partial charge in [0.25, 0.3) is 5.91 Å². The van der Waals surface area contributed by atoms with Gasteiger partial charge in [0.2, 0.25) is 5.91 Å². The molecule has 0 aliphatic heterocycles. The van der Waals surface area contributed by atoms with Crippen molar-refractivity contribution in [1.29, 1.82) is 0 Å². The largest absolute Gasteiger partial charge is 0.480 e. The number of carbonyl (C=O) groups is 4. The third kappa shape index (κ3) is 5.78. The maximum Gasteiger partial charge on any atom is 0.326 e. The minimum absolute atomic E-state index is 0.145. The second-order valence-electron chi connectivity index (χ2n) is 13.0. The van der Waals surface area contributed by atoms with Crippen molar-refractivity contribution in [3.63, 3.8) is 0 Å². The van der Waals surface area contributed by atoms with E-state index in [9.17, 15) is 24.3 Å². The molecule has 0 saturated heterocycles. The van der Waals surface area contributed by atoms with Crippen molar-refractivity contribution >= 4 is 29.3 Å². The molecule has 0 aromatic rings. The van der Waals surface area contributed by atoms with Crippen molar-refractivity contribution in [2.75, 3.05) is 13.2 Å². The Hall–Kier alpha value is -2.71. The average Bonchev–Trinajstić information content (AvgIpc) is 3.23. The quantitative estimate of drug-likeness (QED) is 0.378. The van der Waals surface area contributed by atoms with E-state index in [1.54, 1.807) is 20.8 Å². The Morgan fingerprint density at radius 2 is 1.79 bits per heavy atom. The van der Waals surface area contributed by atoms with Gasteiger partial charge in [0, 0.05) is 5.92 Å². The smallest absolute Gasteiger partial charge is 0.326 e. The first-order valence-electron chi connectivity index (χ1n) is 14.6. The van der Waals surface area contributed by atoms with Crippen molar-refractivity contribution in [3.8, 4) is 0 Å². The second kappa shape index (κ2) is 11.4. The van der Waals surface area contributed by atoms with Crippen LogP contribution >= 0.6 is 0 Å². The summed E-state index contributed by atoms with van der Waals surface area (Å²) in [4.78, 5) is 53.0. The van der Waals surface area contributed by atoms with Crippen LogP contribution in [0.15, 0.2) is 16.8 Å².